The van der Waals surface area contributed by atoms with Gasteiger partial charge in [0.25, 0.3) is 0 Å². The van der Waals surface area contributed by atoms with Gasteiger partial charge in [0, 0.05) is 6.61 Å². The maximum atomic E-state index is 11.9. The number of esters is 1. The lowest BCUT2D eigenvalue weighted by Gasteiger charge is -2.30. The van der Waals surface area contributed by atoms with Crippen LogP contribution < -0.4 is 5.32 Å². The molecule has 4 heteroatoms. The Labute approximate surface area is 111 Å². The molecule has 18 heavy (non-hydrogen) atoms. The average molecular weight is 259 g/mol. The Morgan fingerprint density at radius 3 is 2.22 bits per heavy atom. The highest BCUT2D eigenvalue weighted by Crippen LogP contribution is 2.18. The number of hydrogen-bond donors (Lipinski definition) is 1. The summed E-state index contributed by atoms with van der Waals surface area (Å²) in [4.78, 5) is 11.9. The summed E-state index contributed by atoms with van der Waals surface area (Å²) in [5.41, 5.74) is -0.795. The fraction of sp³-hybridized carbons (Fsp3) is 0.929. The van der Waals surface area contributed by atoms with Crippen LogP contribution in [0.3, 0.4) is 0 Å². The van der Waals surface area contributed by atoms with Crippen LogP contribution in [0.25, 0.3) is 0 Å². The molecule has 0 spiro atoms. The van der Waals surface area contributed by atoms with E-state index < -0.39 is 5.54 Å². The monoisotopic (exact) mass is 259 g/mol. The fourth-order valence-corrected chi connectivity index (χ4v) is 1.58. The molecule has 0 saturated heterocycles. The van der Waals surface area contributed by atoms with Gasteiger partial charge in [-0.25, -0.2) is 0 Å². The Morgan fingerprint density at radius 1 is 1.17 bits per heavy atom. The third kappa shape index (κ3) is 5.83. The molecule has 0 heterocycles. The number of rotatable bonds is 9. The minimum Gasteiger partial charge on any atom is -0.465 e. The van der Waals surface area contributed by atoms with Crippen molar-refractivity contribution in [3.63, 3.8) is 0 Å². The summed E-state index contributed by atoms with van der Waals surface area (Å²) in [6.07, 6.45) is 1.56. The van der Waals surface area contributed by atoms with E-state index in [1.807, 2.05) is 20.8 Å². The van der Waals surface area contributed by atoms with E-state index in [-0.39, 0.29) is 11.6 Å². The summed E-state index contributed by atoms with van der Waals surface area (Å²) in [5, 5.41) is 3.19. The Bertz CT molecular complexity index is 253. The van der Waals surface area contributed by atoms with E-state index in [0.717, 1.165) is 13.0 Å². The quantitative estimate of drug-likeness (QED) is 0.646. The van der Waals surface area contributed by atoms with E-state index in [0.29, 0.717) is 19.6 Å². The molecular formula is C14H29NO3. The van der Waals surface area contributed by atoms with Gasteiger partial charge in [0.05, 0.1) is 12.2 Å². The van der Waals surface area contributed by atoms with Gasteiger partial charge >= 0.3 is 5.97 Å². The molecule has 1 atom stereocenters. The highest BCUT2D eigenvalue weighted by Gasteiger charge is 2.34. The number of likely N-dealkylation sites (N-methyl/N-ethyl adjacent to an activating group) is 1. The molecule has 0 aliphatic heterocycles. The second-order valence-electron chi connectivity index (χ2n) is 5.29. The molecule has 0 aromatic carbocycles. The van der Waals surface area contributed by atoms with Crippen LogP contribution in [0.2, 0.25) is 0 Å². The molecular weight excluding hydrogens is 230 g/mol. The van der Waals surface area contributed by atoms with Crippen LogP contribution in [-0.4, -0.2) is 36.9 Å². The Morgan fingerprint density at radius 2 is 1.78 bits per heavy atom. The lowest BCUT2D eigenvalue weighted by atomic mass is 9.98. The van der Waals surface area contributed by atoms with Gasteiger partial charge in [-0.15, -0.1) is 0 Å². The molecule has 0 aliphatic carbocycles. The Balaban J connectivity index is 4.39. The van der Waals surface area contributed by atoms with Crippen molar-refractivity contribution in [2.45, 2.75) is 65.5 Å². The average Bonchev–Trinajstić information content (AvgIpc) is 2.29. The van der Waals surface area contributed by atoms with Crippen molar-refractivity contribution in [1.82, 2.24) is 5.32 Å². The zero-order valence-electron chi connectivity index (χ0n) is 12.8. The molecule has 0 fully saturated rings. The minimum atomic E-state index is -0.658. The largest absolute Gasteiger partial charge is 0.465 e. The van der Waals surface area contributed by atoms with E-state index in [4.69, 9.17) is 9.47 Å². The number of carbonyl (C=O) groups is 1. The third-order valence-corrected chi connectivity index (χ3v) is 3.24. The first-order valence-corrected chi connectivity index (χ1v) is 6.87. The maximum Gasteiger partial charge on any atom is 0.326 e. The number of ether oxygens (including phenoxy) is 2. The van der Waals surface area contributed by atoms with Crippen LogP contribution in [0, 0.1) is 0 Å². The van der Waals surface area contributed by atoms with Gasteiger partial charge in [-0.05, 0) is 47.1 Å². The molecule has 0 aromatic heterocycles. The van der Waals surface area contributed by atoms with Crippen LogP contribution in [-0.2, 0) is 14.3 Å². The van der Waals surface area contributed by atoms with Crippen molar-refractivity contribution in [1.29, 1.82) is 0 Å². The molecule has 1 N–H and O–H groups in total. The molecule has 0 bridgehead atoms. The third-order valence-electron chi connectivity index (χ3n) is 3.24. The van der Waals surface area contributed by atoms with Crippen molar-refractivity contribution in [2.24, 2.45) is 0 Å². The number of carbonyl (C=O) groups excluding carboxylic acids is 1. The van der Waals surface area contributed by atoms with Gasteiger partial charge in [-0.1, -0.05) is 13.8 Å². The van der Waals surface area contributed by atoms with Crippen molar-refractivity contribution in [3.05, 3.63) is 0 Å². The second-order valence-corrected chi connectivity index (χ2v) is 5.29. The first-order valence-electron chi connectivity index (χ1n) is 6.87. The van der Waals surface area contributed by atoms with E-state index in [1.165, 1.54) is 0 Å². The SMILES string of the molecule is CCNC(C)(CCOC(C)(C)CC)C(=O)OCC. The summed E-state index contributed by atoms with van der Waals surface area (Å²) in [6.45, 7) is 13.6. The molecule has 0 radical (unpaired) electrons. The van der Waals surface area contributed by atoms with E-state index in [1.54, 1.807) is 0 Å². The van der Waals surface area contributed by atoms with Crippen LogP contribution in [0.1, 0.15) is 54.4 Å². The Kier molecular flexibility index (Phi) is 7.48. The molecule has 4 nitrogen and oxygen atoms in total. The normalized spacial score (nSPS) is 15.2. The van der Waals surface area contributed by atoms with Gasteiger partial charge in [-0.3, -0.25) is 4.79 Å². The van der Waals surface area contributed by atoms with Gasteiger partial charge in [-0.2, -0.15) is 0 Å². The predicted molar refractivity (Wildman–Crippen MR) is 73.7 cm³/mol. The van der Waals surface area contributed by atoms with Gasteiger partial charge in [0.1, 0.15) is 5.54 Å². The first kappa shape index (κ1) is 17.4. The summed E-state index contributed by atoms with van der Waals surface area (Å²) < 4.78 is 10.9. The molecule has 0 amide bonds. The zero-order chi connectivity index (χ0) is 14.2. The summed E-state index contributed by atoms with van der Waals surface area (Å²) in [7, 11) is 0. The number of hydrogen-bond acceptors (Lipinski definition) is 4. The maximum absolute atomic E-state index is 11.9. The fourth-order valence-electron chi connectivity index (χ4n) is 1.58. The molecule has 0 aromatic rings. The highest BCUT2D eigenvalue weighted by atomic mass is 16.5. The van der Waals surface area contributed by atoms with Gasteiger partial charge in [0.2, 0.25) is 0 Å². The first-order chi connectivity index (χ1) is 8.31. The van der Waals surface area contributed by atoms with Crippen LogP contribution >= 0.6 is 0 Å². The van der Waals surface area contributed by atoms with E-state index in [2.05, 4.69) is 26.1 Å². The molecule has 0 aliphatic rings. The summed E-state index contributed by atoms with van der Waals surface area (Å²) in [5.74, 6) is -0.204. The number of nitrogens with one attached hydrogen (secondary N) is 1. The van der Waals surface area contributed by atoms with E-state index in [9.17, 15) is 4.79 Å². The van der Waals surface area contributed by atoms with Gasteiger partial charge in [0.15, 0.2) is 0 Å². The Hall–Kier alpha value is -0.610. The van der Waals surface area contributed by atoms with E-state index >= 15 is 0 Å². The van der Waals surface area contributed by atoms with Crippen LogP contribution in [0.4, 0.5) is 0 Å². The summed E-state index contributed by atoms with van der Waals surface area (Å²) >= 11 is 0. The molecule has 1 unspecified atom stereocenters. The van der Waals surface area contributed by atoms with Crippen molar-refractivity contribution in [3.8, 4) is 0 Å². The van der Waals surface area contributed by atoms with Gasteiger partial charge < -0.3 is 14.8 Å². The topological polar surface area (TPSA) is 47.6 Å². The molecule has 108 valence electrons. The standard InChI is InChI=1S/C14H29NO3/c1-7-13(4,5)18-11-10-14(6,15-8-2)12(16)17-9-3/h15H,7-11H2,1-6H3. The summed E-state index contributed by atoms with van der Waals surface area (Å²) in [6, 6.07) is 0. The predicted octanol–water partition coefficient (Wildman–Crippen LogP) is 2.51. The molecule has 0 rings (SSSR count). The van der Waals surface area contributed by atoms with Crippen LogP contribution in [0.5, 0.6) is 0 Å². The van der Waals surface area contributed by atoms with Crippen molar-refractivity contribution < 1.29 is 14.3 Å². The van der Waals surface area contributed by atoms with Crippen LogP contribution in [0.15, 0.2) is 0 Å². The highest BCUT2D eigenvalue weighted by molar-refractivity contribution is 5.80. The zero-order valence-corrected chi connectivity index (χ0v) is 12.8. The lowest BCUT2D eigenvalue weighted by Crippen LogP contribution is -2.51. The van der Waals surface area contributed by atoms with Crippen molar-refractivity contribution in [2.75, 3.05) is 19.8 Å². The second kappa shape index (κ2) is 7.74. The lowest BCUT2D eigenvalue weighted by molar-refractivity contribution is -0.152. The molecule has 0 saturated carbocycles. The smallest absolute Gasteiger partial charge is 0.326 e. The minimum absolute atomic E-state index is 0.137. The van der Waals surface area contributed by atoms with Crippen molar-refractivity contribution >= 4 is 5.97 Å².